The van der Waals surface area contributed by atoms with Crippen molar-refractivity contribution in [2.45, 2.75) is 6.17 Å². The van der Waals surface area contributed by atoms with E-state index >= 15 is 0 Å². The van der Waals surface area contributed by atoms with Crippen LogP contribution >= 0.6 is 11.3 Å². The number of hydrogen-bond acceptors (Lipinski definition) is 9. The van der Waals surface area contributed by atoms with Crippen LogP contribution in [0.15, 0.2) is 48.9 Å². The summed E-state index contributed by atoms with van der Waals surface area (Å²) in [6.07, 6.45) is 5.23. The second-order valence-electron chi connectivity index (χ2n) is 7.80. The molecule has 10 heteroatoms. The molecule has 0 spiro atoms. The van der Waals surface area contributed by atoms with Gasteiger partial charge in [-0.25, -0.2) is 14.4 Å². The van der Waals surface area contributed by atoms with Crippen molar-refractivity contribution in [3.8, 4) is 27.4 Å². The SMILES string of the molecule is COc1cnccc1-c1cccc2cc(-c3nc(NCCN4CCNC4C=O)ncc3F)sc12. The standard InChI is InChI=1S/C24H23FN6O2S/c1-33-19-13-26-6-5-16(19)17-4-2-3-15-11-20(34-23(15)17)22-18(25)12-29-24(30-22)28-8-10-31-9-7-27-21(31)14-32/h2-6,11-14,21,27H,7-10H2,1H3,(H,28,29,30). The number of halogens is 1. The molecule has 174 valence electrons. The van der Waals surface area contributed by atoms with Crippen LogP contribution < -0.4 is 15.4 Å². The molecule has 4 aromatic rings. The highest BCUT2D eigenvalue weighted by molar-refractivity contribution is 7.22. The van der Waals surface area contributed by atoms with E-state index in [0.717, 1.165) is 40.6 Å². The van der Waals surface area contributed by atoms with Crippen LogP contribution in [0.1, 0.15) is 0 Å². The van der Waals surface area contributed by atoms with E-state index in [0.29, 0.717) is 29.7 Å². The average molecular weight is 479 g/mol. The molecule has 1 saturated heterocycles. The molecule has 3 aromatic heterocycles. The van der Waals surface area contributed by atoms with Gasteiger partial charge in [0, 0.05) is 48.2 Å². The topological polar surface area (TPSA) is 92.3 Å². The molecule has 1 unspecified atom stereocenters. The summed E-state index contributed by atoms with van der Waals surface area (Å²) in [6, 6.07) is 9.83. The molecular formula is C24H23FN6O2S. The summed E-state index contributed by atoms with van der Waals surface area (Å²) in [4.78, 5) is 26.5. The Labute approximate surface area is 199 Å². The Morgan fingerprint density at radius 3 is 3.09 bits per heavy atom. The fourth-order valence-corrected chi connectivity index (χ4v) is 5.28. The summed E-state index contributed by atoms with van der Waals surface area (Å²) in [6.45, 7) is 2.76. The van der Waals surface area contributed by atoms with Gasteiger partial charge in [0.05, 0.1) is 24.4 Å². The highest BCUT2D eigenvalue weighted by Gasteiger charge is 2.22. The normalized spacial score (nSPS) is 16.1. The Bertz CT molecular complexity index is 1330. The fourth-order valence-electron chi connectivity index (χ4n) is 4.10. The molecule has 0 amide bonds. The van der Waals surface area contributed by atoms with Crippen molar-refractivity contribution in [1.29, 1.82) is 0 Å². The number of nitrogens with one attached hydrogen (secondary N) is 2. The minimum atomic E-state index is -0.482. The molecule has 4 heterocycles. The number of aromatic nitrogens is 3. The highest BCUT2D eigenvalue weighted by Crippen LogP contribution is 2.41. The molecule has 0 bridgehead atoms. The smallest absolute Gasteiger partial charge is 0.223 e. The van der Waals surface area contributed by atoms with Crippen molar-refractivity contribution in [2.75, 3.05) is 38.6 Å². The number of aldehydes is 1. The third kappa shape index (κ3) is 4.35. The Morgan fingerprint density at radius 2 is 2.24 bits per heavy atom. The number of fused-ring (bicyclic) bond motifs is 1. The first-order chi connectivity index (χ1) is 16.7. The molecular weight excluding hydrogens is 455 g/mol. The molecule has 0 radical (unpaired) electrons. The monoisotopic (exact) mass is 478 g/mol. The van der Waals surface area contributed by atoms with Gasteiger partial charge >= 0.3 is 0 Å². The Morgan fingerprint density at radius 1 is 1.32 bits per heavy atom. The van der Waals surface area contributed by atoms with E-state index in [1.807, 2.05) is 35.2 Å². The molecule has 34 heavy (non-hydrogen) atoms. The zero-order valence-corrected chi connectivity index (χ0v) is 19.3. The third-order valence-electron chi connectivity index (χ3n) is 5.77. The molecule has 1 aliphatic rings. The average Bonchev–Trinajstić information content (AvgIpc) is 3.51. The zero-order valence-electron chi connectivity index (χ0n) is 18.5. The van der Waals surface area contributed by atoms with Gasteiger partial charge in [-0.15, -0.1) is 11.3 Å². The summed E-state index contributed by atoms with van der Waals surface area (Å²) in [7, 11) is 1.62. The van der Waals surface area contributed by atoms with Crippen molar-refractivity contribution in [2.24, 2.45) is 0 Å². The van der Waals surface area contributed by atoms with Crippen LogP contribution in [-0.2, 0) is 4.79 Å². The number of hydrogen-bond donors (Lipinski definition) is 2. The number of ether oxygens (including phenoxy) is 1. The molecule has 0 aliphatic carbocycles. The maximum Gasteiger partial charge on any atom is 0.223 e. The van der Waals surface area contributed by atoms with Crippen LogP contribution in [0.25, 0.3) is 31.8 Å². The van der Waals surface area contributed by atoms with Crippen LogP contribution in [0.2, 0.25) is 0 Å². The van der Waals surface area contributed by atoms with Crippen LogP contribution in [0.3, 0.4) is 0 Å². The van der Waals surface area contributed by atoms with E-state index in [1.165, 1.54) is 17.5 Å². The summed E-state index contributed by atoms with van der Waals surface area (Å²) >= 11 is 1.47. The predicted molar refractivity (Wildman–Crippen MR) is 131 cm³/mol. The first kappa shape index (κ1) is 22.3. The fraction of sp³-hybridized carbons (Fsp3) is 0.250. The maximum absolute atomic E-state index is 14.8. The zero-order chi connectivity index (χ0) is 23.5. The molecule has 8 nitrogen and oxygen atoms in total. The summed E-state index contributed by atoms with van der Waals surface area (Å²) in [5, 5.41) is 7.26. The van der Waals surface area contributed by atoms with Crippen molar-refractivity contribution >= 4 is 33.7 Å². The molecule has 2 N–H and O–H groups in total. The van der Waals surface area contributed by atoms with E-state index in [4.69, 9.17) is 4.74 Å². The number of anilines is 1. The largest absolute Gasteiger partial charge is 0.494 e. The van der Waals surface area contributed by atoms with Gasteiger partial charge in [-0.05, 0) is 17.5 Å². The van der Waals surface area contributed by atoms with E-state index in [1.54, 1.807) is 19.5 Å². The number of carbonyl (C=O) groups excluding carboxylic acids is 1. The van der Waals surface area contributed by atoms with Gasteiger partial charge in [-0.2, -0.15) is 0 Å². The molecule has 1 aromatic carbocycles. The van der Waals surface area contributed by atoms with Crippen molar-refractivity contribution < 1.29 is 13.9 Å². The molecule has 1 atom stereocenters. The lowest BCUT2D eigenvalue weighted by Crippen LogP contribution is -2.39. The van der Waals surface area contributed by atoms with Gasteiger partial charge in [0.1, 0.15) is 17.6 Å². The van der Waals surface area contributed by atoms with Gasteiger partial charge in [0.2, 0.25) is 5.95 Å². The van der Waals surface area contributed by atoms with E-state index < -0.39 is 5.82 Å². The second kappa shape index (κ2) is 9.80. The molecule has 1 fully saturated rings. The summed E-state index contributed by atoms with van der Waals surface area (Å²) < 4.78 is 21.3. The second-order valence-corrected chi connectivity index (χ2v) is 8.85. The Hall–Kier alpha value is -3.47. The Kier molecular flexibility index (Phi) is 6.43. The highest BCUT2D eigenvalue weighted by atomic mass is 32.1. The minimum Gasteiger partial charge on any atom is -0.494 e. The van der Waals surface area contributed by atoms with Crippen LogP contribution in [0, 0.1) is 5.82 Å². The molecule has 1 aliphatic heterocycles. The first-order valence-electron chi connectivity index (χ1n) is 10.9. The number of nitrogens with zero attached hydrogens (tertiary/aromatic N) is 4. The maximum atomic E-state index is 14.8. The van der Waals surface area contributed by atoms with Gasteiger partial charge in [-0.3, -0.25) is 15.2 Å². The lowest BCUT2D eigenvalue weighted by atomic mass is 10.0. The van der Waals surface area contributed by atoms with Gasteiger partial charge in [0.25, 0.3) is 0 Å². The van der Waals surface area contributed by atoms with Gasteiger partial charge in [-0.1, -0.05) is 18.2 Å². The lowest BCUT2D eigenvalue weighted by Gasteiger charge is -2.19. The summed E-state index contributed by atoms with van der Waals surface area (Å²) in [5.74, 6) is 0.541. The Balaban J connectivity index is 1.42. The number of rotatable bonds is 8. The predicted octanol–water partition coefficient (Wildman–Crippen LogP) is 3.41. The number of pyridine rings is 1. The quantitative estimate of drug-likeness (QED) is 0.372. The van der Waals surface area contributed by atoms with E-state index in [2.05, 4.69) is 25.6 Å². The van der Waals surface area contributed by atoms with Crippen LogP contribution in [0.4, 0.5) is 10.3 Å². The summed E-state index contributed by atoms with van der Waals surface area (Å²) in [5.41, 5.74) is 2.16. The van der Waals surface area contributed by atoms with Gasteiger partial charge < -0.3 is 14.8 Å². The van der Waals surface area contributed by atoms with Gasteiger partial charge in [0.15, 0.2) is 12.1 Å². The van der Waals surface area contributed by atoms with Crippen molar-refractivity contribution in [3.63, 3.8) is 0 Å². The number of carbonyl (C=O) groups is 1. The molecule has 5 rings (SSSR count). The van der Waals surface area contributed by atoms with Crippen molar-refractivity contribution in [1.82, 2.24) is 25.2 Å². The number of thiophene rings is 1. The minimum absolute atomic E-state index is 0.250. The van der Waals surface area contributed by atoms with Crippen LogP contribution in [-0.4, -0.2) is 65.6 Å². The van der Waals surface area contributed by atoms with E-state index in [-0.39, 0.29) is 11.9 Å². The lowest BCUT2D eigenvalue weighted by molar-refractivity contribution is -0.112. The van der Waals surface area contributed by atoms with Crippen LogP contribution in [0.5, 0.6) is 5.75 Å². The first-order valence-corrected chi connectivity index (χ1v) is 11.7. The van der Waals surface area contributed by atoms with E-state index in [9.17, 15) is 9.18 Å². The number of methoxy groups -OCH3 is 1. The third-order valence-corrected chi connectivity index (χ3v) is 6.96. The van der Waals surface area contributed by atoms with Crippen molar-refractivity contribution in [3.05, 3.63) is 54.7 Å². The number of benzene rings is 1. The molecule has 0 saturated carbocycles.